The van der Waals surface area contributed by atoms with Crippen LogP contribution in [0.2, 0.25) is 0 Å². The van der Waals surface area contributed by atoms with Crippen molar-refractivity contribution < 1.29 is 0 Å². The number of aromatic nitrogens is 2. The molecule has 2 heterocycles. The molecule has 1 aliphatic heterocycles. The molecule has 72 valence electrons. The highest BCUT2D eigenvalue weighted by atomic mass is 32.1. The van der Waals surface area contributed by atoms with Crippen LogP contribution in [0.15, 0.2) is 18.2 Å². The van der Waals surface area contributed by atoms with Gasteiger partial charge in [0.1, 0.15) is 0 Å². The Balaban J connectivity index is 2.47. The number of hydrogen-bond acceptors (Lipinski definition) is 1. The zero-order valence-corrected chi connectivity index (χ0v) is 8.90. The second kappa shape index (κ2) is 2.70. The number of nitrogens with one attached hydrogen (secondary N) is 1. The van der Waals surface area contributed by atoms with Crippen molar-refractivity contribution in [3.63, 3.8) is 0 Å². The van der Waals surface area contributed by atoms with E-state index in [9.17, 15) is 0 Å². The van der Waals surface area contributed by atoms with Gasteiger partial charge in [-0.15, -0.1) is 0 Å². The smallest absolute Gasteiger partial charge is 0.178 e. The van der Waals surface area contributed by atoms with E-state index in [1.54, 1.807) is 0 Å². The fourth-order valence-electron chi connectivity index (χ4n) is 2.39. The van der Waals surface area contributed by atoms with Crippen molar-refractivity contribution in [1.29, 1.82) is 0 Å². The Morgan fingerprint density at radius 2 is 2.36 bits per heavy atom. The number of benzene rings is 1. The first-order valence-corrected chi connectivity index (χ1v) is 5.37. The zero-order chi connectivity index (χ0) is 9.71. The molecule has 0 spiro atoms. The summed E-state index contributed by atoms with van der Waals surface area (Å²) in [5, 5.41) is 0. The van der Waals surface area contributed by atoms with Gasteiger partial charge in [0.2, 0.25) is 0 Å². The molecule has 1 aromatic carbocycles. The summed E-state index contributed by atoms with van der Waals surface area (Å²) >= 11 is 5.31. The average Bonchev–Trinajstić information content (AvgIpc) is 2.45. The van der Waals surface area contributed by atoms with E-state index in [-0.39, 0.29) is 0 Å². The van der Waals surface area contributed by atoms with Crippen molar-refractivity contribution >= 4 is 23.3 Å². The Bertz CT molecular complexity index is 550. The Labute approximate surface area is 87.6 Å². The number of para-hydroxylation sites is 1. The molecule has 0 bridgehead atoms. The molecule has 0 saturated carbocycles. The van der Waals surface area contributed by atoms with Crippen LogP contribution >= 0.6 is 12.2 Å². The second-order valence-corrected chi connectivity index (χ2v) is 4.55. The maximum atomic E-state index is 5.31. The molecular formula is C11H12N2S. The average molecular weight is 204 g/mol. The summed E-state index contributed by atoms with van der Waals surface area (Å²) in [7, 11) is 0. The van der Waals surface area contributed by atoms with E-state index < -0.39 is 0 Å². The van der Waals surface area contributed by atoms with Gasteiger partial charge < -0.3 is 9.55 Å². The van der Waals surface area contributed by atoms with Crippen LogP contribution in [0.1, 0.15) is 12.5 Å². The van der Waals surface area contributed by atoms with Gasteiger partial charge in [-0.1, -0.05) is 19.1 Å². The molecule has 1 aromatic heterocycles. The van der Waals surface area contributed by atoms with E-state index in [1.807, 2.05) is 0 Å². The molecule has 0 amide bonds. The van der Waals surface area contributed by atoms with Crippen molar-refractivity contribution in [2.75, 3.05) is 0 Å². The zero-order valence-electron chi connectivity index (χ0n) is 8.08. The molecule has 0 aliphatic carbocycles. The molecule has 1 atom stereocenters. The van der Waals surface area contributed by atoms with Gasteiger partial charge in [0.25, 0.3) is 0 Å². The number of aromatic amines is 1. The largest absolute Gasteiger partial charge is 0.331 e. The number of nitrogens with zero attached hydrogens (tertiary/aromatic N) is 1. The molecule has 3 heteroatoms. The molecule has 2 nitrogen and oxygen atoms in total. The van der Waals surface area contributed by atoms with Crippen LogP contribution in [-0.2, 0) is 13.0 Å². The van der Waals surface area contributed by atoms with E-state index >= 15 is 0 Å². The summed E-state index contributed by atoms with van der Waals surface area (Å²) in [6, 6.07) is 6.41. The van der Waals surface area contributed by atoms with Crippen molar-refractivity contribution in [1.82, 2.24) is 9.55 Å². The first-order valence-electron chi connectivity index (χ1n) is 4.96. The summed E-state index contributed by atoms with van der Waals surface area (Å²) in [5.74, 6) is 0.690. The summed E-state index contributed by atoms with van der Waals surface area (Å²) < 4.78 is 3.09. The molecule has 1 unspecified atom stereocenters. The van der Waals surface area contributed by atoms with E-state index in [0.717, 1.165) is 11.3 Å². The van der Waals surface area contributed by atoms with E-state index in [2.05, 4.69) is 34.7 Å². The van der Waals surface area contributed by atoms with Gasteiger partial charge in [-0.3, -0.25) is 0 Å². The quantitative estimate of drug-likeness (QED) is 0.654. The first kappa shape index (κ1) is 8.24. The maximum absolute atomic E-state index is 5.31. The molecule has 1 aliphatic rings. The van der Waals surface area contributed by atoms with Crippen LogP contribution in [-0.4, -0.2) is 9.55 Å². The minimum atomic E-state index is 0.690. The summed E-state index contributed by atoms with van der Waals surface area (Å²) in [4.78, 5) is 3.26. The summed E-state index contributed by atoms with van der Waals surface area (Å²) in [5.41, 5.74) is 3.92. The Hall–Kier alpha value is -1.09. The van der Waals surface area contributed by atoms with Crippen molar-refractivity contribution in [2.24, 2.45) is 5.92 Å². The van der Waals surface area contributed by atoms with Gasteiger partial charge in [0, 0.05) is 6.54 Å². The summed E-state index contributed by atoms with van der Waals surface area (Å²) in [6.45, 7) is 3.33. The lowest BCUT2D eigenvalue weighted by Gasteiger charge is -2.20. The standard InChI is InChI=1S/C11H12N2S/c1-7-5-8-3-2-4-9-10(8)13(6-7)11(14)12-9/h2-4,7H,5-6H2,1H3,(H,12,14). The lowest BCUT2D eigenvalue weighted by atomic mass is 9.96. The highest BCUT2D eigenvalue weighted by Crippen LogP contribution is 2.27. The normalized spacial score (nSPS) is 20.2. The van der Waals surface area contributed by atoms with Crippen LogP contribution < -0.4 is 0 Å². The minimum Gasteiger partial charge on any atom is -0.331 e. The number of imidazole rings is 1. The van der Waals surface area contributed by atoms with Crippen molar-refractivity contribution in [2.45, 2.75) is 19.9 Å². The fraction of sp³-hybridized carbons (Fsp3) is 0.364. The lowest BCUT2D eigenvalue weighted by Crippen LogP contribution is -2.16. The van der Waals surface area contributed by atoms with E-state index in [1.165, 1.54) is 23.0 Å². The van der Waals surface area contributed by atoms with Crippen LogP contribution in [0.25, 0.3) is 11.0 Å². The number of H-pyrrole nitrogens is 1. The van der Waals surface area contributed by atoms with E-state index in [0.29, 0.717) is 5.92 Å². The van der Waals surface area contributed by atoms with Gasteiger partial charge >= 0.3 is 0 Å². The van der Waals surface area contributed by atoms with Gasteiger partial charge in [-0.2, -0.15) is 0 Å². The predicted octanol–water partition coefficient (Wildman–Crippen LogP) is 2.89. The number of rotatable bonds is 0. The molecular weight excluding hydrogens is 192 g/mol. The Morgan fingerprint density at radius 3 is 3.21 bits per heavy atom. The van der Waals surface area contributed by atoms with Crippen LogP contribution in [0.5, 0.6) is 0 Å². The van der Waals surface area contributed by atoms with Crippen LogP contribution in [0, 0.1) is 10.7 Å². The third-order valence-electron chi connectivity index (χ3n) is 2.94. The lowest BCUT2D eigenvalue weighted by molar-refractivity contribution is 0.466. The minimum absolute atomic E-state index is 0.690. The molecule has 2 aromatic rings. The monoisotopic (exact) mass is 204 g/mol. The topological polar surface area (TPSA) is 20.7 Å². The molecule has 3 rings (SSSR count). The number of hydrogen-bond donors (Lipinski definition) is 1. The van der Waals surface area contributed by atoms with Crippen molar-refractivity contribution in [3.05, 3.63) is 28.5 Å². The third-order valence-corrected chi connectivity index (χ3v) is 3.26. The Morgan fingerprint density at radius 1 is 1.50 bits per heavy atom. The molecule has 0 fully saturated rings. The van der Waals surface area contributed by atoms with Crippen molar-refractivity contribution in [3.8, 4) is 0 Å². The van der Waals surface area contributed by atoms with Gasteiger partial charge in [-0.25, -0.2) is 0 Å². The summed E-state index contributed by atoms with van der Waals surface area (Å²) in [6.07, 6.45) is 1.17. The first-order chi connectivity index (χ1) is 6.75. The predicted molar refractivity (Wildman–Crippen MR) is 60.0 cm³/mol. The van der Waals surface area contributed by atoms with Gasteiger partial charge in [-0.05, 0) is 36.2 Å². The molecule has 1 N–H and O–H groups in total. The fourth-order valence-corrected chi connectivity index (χ4v) is 2.66. The van der Waals surface area contributed by atoms with Gasteiger partial charge in [0.15, 0.2) is 4.77 Å². The SMILES string of the molecule is CC1Cc2cccc3[nH]c(=S)n(c23)C1. The third kappa shape index (κ3) is 0.989. The maximum Gasteiger partial charge on any atom is 0.178 e. The van der Waals surface area contributed by atoms with Gasteiger partial charge in [0.05, 0.1) is 11.0 Å². The molecule has 0 radical (unpaired) electrons. The van der Waals surface area contributed by atoms with E-state index in [4.69, 9.17) is 12.2 Å². The Kier molecular flexibility index (Phi) is 1.59. The molecule has 14 heavy (non-hydrogen) atoms. The molecule has 0 saturated heterocycles. The highest BCUT2D eigenvalue weighted by molar-refractivity contribution is 7.71. The van der Waals surface area contributed by atoms with Crippen LogP contribution in [0.4, 0.5) is 0 Å². The second-order valence-electron chi connectivity index (χ2n) is 4.16. The van der Waals surface area contributed by atoms with Crippen LogP contribution in [0.3, 0.4) is 0 Å². The highest BCUT2D eigenvalue weighted by Gasteiger charge is 2.18.